The predicted octanol–water partition coefficient (Wildman–Crippen LogP) is 5.12. The average Bonchev–Trinajstić information content (AvgIpc) is 3.11. The lowest BCUT2D eigenvalue weighted by Gasteiger charge is -2.61. The van der Waals surface area contributed by atoms with Gasteiger partial charge in [0.2, 0.25) is 0 Å². The minimum absolute atomic E-state index is 0.618. The molecule has 0 unspecified atom stereocenters. The molecule has 124 valence electrons. The van der Waals surface area contributed by atoms with Crippen molar-refractivity contribution >= 4 is 0 Å². The molecule has 0 aromatic carbocycles. The monoisotopic (exact) mass is 301 g/mol. The van der Waals surface area contributed by atoms with Crippen LogP contribution in [-0.4, -0.2) is 23.5 Å². The van der Waals surface area contributed by atoms with Crippen LogP contribution in [0, 0.1) is 35.0 Å². The summed E-state index contributed by atoms with van der Waals surface area (Å²) in [6.45, 7) is 16.0. The van der Waals surface area contributed by atoms with Crippen molar-refractivity contribution in [2.75, 3.05) is 6.54 Å². The Morgan fingerprint density at radius 1 is 0.955 bits per heavy atom. The van der Waals surface area contributed by atoms with E-state index in [0.29, 0.717) is 5.41 Å². The number of hydrogen-bond acceptors (Lipinski definition) is 1. The van der Waals surface area contributed by atoms with Crippen LogP contribution >= 0.6 is 0 Å². The molecule has 22 heavy (non-hydrogen) atoms. The molecule has 4 aliphatic rings. The first-order chi connectivity index (χ1) is 10.4. The van der Waals surface area contributed by atoms with E-state index in [1.165, 1.54) is 32.2 Å². The van der Waals surface area contributed by atoms with Crippen molar-refractivity contribution in [3.8, 4) is 0 Å². The average molecular weight is 302 g/mol. The maximum Gasteiger partial charge on any atom is 0.0135 e. The smallest absolute Gasteiger partial charge is 0.0135 e. The molecule has 0 radical (unpaired) electrons. The molecule has 1 spiro atoms. The van der Waals surface area contributed by atoms with Gasteiger partial charge in [0.15, 0.2) is 0 Å². The maximum absolute atomic E-state index is 2.84. The zero-order chi connectivity index (χ0) is 15.8. The zero-order valence-electron chi connectivity index (χ0n) is 15.5. The first kappa shape index (κ1) is 15.2. The lowest BCUT2D eigenvalue weighted by atomic mass is 9.52. The third-order valence-corrected chi connectivity index (χ3v) is 7.64. The van der Waals surface area contributed by atoms with Crippen LogP contribution in [0.4, 0.5) is 0 Å². The highest BCUT2D eigenvalue weighted by atomic mass is 15.2. The van der Waals surface area contributed by atoms with Crippen LogP contribution < -0.4 is 0 Å². The third kappa shape index (κ3) is 1.75. The molecule has 1 heterocycles. The molecule has 0 N–H and O–H groups in total. The second kappa shape index (κ2) is 4.85. The van der Waals surface area contributed by atoms with Crippen LogP contribution in [0.15, 0.2) is 11.1 Å². The minimum atomic E-state index is 0.618. The highest BCUT2D eigenvalue weighted by Crippen LogP contribution is 2.74. The molecule has 5 atom stereocenters. The van der Waals surface area contributed by atoms with Gasteiger partial charge in [-0.3, -0.25) is 4.90 Å². The Balaban J connectivity index is 1.75. The van der Waals surface area contributed by atoms with Crippen molar-refractivity contribution in [3.05, 3.63) is 11.1 Å². The quantitative estimate of drug-likeness (QED) is 0.654. The fraction of sp³-hybridized carbons (Fsp3) is 0.905. The second-order valence-electron chi connectivity index (χ2n) is 9.50. The molecule has 1 saturated heterocycles. The Hall–Kier alpha value is -0.300. The van der Waals surface area contributed by atoms with Crippen molar-refractivity contribution < 1.29 is 0 Å². The van der Waals surface area contributed by atoms with E-state index in [9.17, 15) is 0 Å². The van der Waals surface area contributed by atoms with Gasteiger partial charge in [-0.2, -0.15) is 0 Å². The summed E-state index contributed by atoms with van der Waals surface area (Å²) in [5.41, 5.74) is 4.47. The molecule has 2 saturated carbocycles. The van der Waals surface area contributed by atoms with Crippen LogP contribution in [-0.2, 0) is 0 Å². The Morgan fingerprint density at radius 3 is 2.18 bits per heavy atom. The number of fused-ring (bicyclic) bond motifs is 4. The Labute approximate surface area is 137 Å². The van der Waals surface area contributed by atoms with Gasteiger partial charge in [0.1, 0.15) is 0 Å². The van der Waals surface area contributed by atoms with Crippen LogP contribution in [0.5, 0.6) is 0 Å². The van der Waals surface area contributed by atoms with Gasteiger partial charge >= 0.3 is 0 Å². The van der Waals surface area contributed by atoms with Gasteiger partial charge in [-0.1, -0.05) is 38.8 Å². The molecule has 0 bridgehead atoms. The number of likely N-dealkylation sites (tertiary alicyclic amines) is 1. The molecule has 1 heteroatoms. The Bertz CT molecular complexity index is 500. The maximum atomic E-state index is 2.84. The molecule has 0 amide bonds. The number of hydrogen-bond donors (Lipinski definition) is 0. The topological polar surface area (TPSA) is 3.24 Å². The minimum Gasteiger partial charge on any atom is -0.298 e. The van der Waals surface area contributed by atoms with Crippen LogP contribution in [0.1, 0.15) is 67.2 Å². The van der Waals surface area contributed by atoms with Gasteiger partial charge in [-0.05, 0) is 75.7 Å². The molecule has 3 aliphatic carbocycles. The van der Waals surface area contributed by atoms with E-state index in [1.54, 1.807) is 0 Å². The van der Waals surface area contributed by atoms with E-state index < -0.39 is 0 Å². The number of rotatable bonds is 3. The summed E-state index contributed by atoms with van der Waals surface area (Å²) in [4.78, 5) is 2.84. The fourth-order valence-corrected chi connectivity index (χ4v) is 6.97. The van der Waals surface area contributed by atoms with Gasteiger partial charge in [0.05, 0.1) is 0 Å². The first-order valence-corrected chi connectivity index (χ1v) is 9.89. The summed E-state index contributed by atoms with van der Waals surface area (Å²) in [5, 5.41) is 0. The lowest BCUT2D eigenvalue weighted by molar-refractivity contribution is -0.0851. The van der Waals surface area contributed by atoms with Crippen molar-refractivity contribution in [2.24, 2.45) is 35.0 Å². The number of allylic oxidation sites excluding steroid dienone is 2. The normalized spacial score (nSPS) is 44.0. The van der Waals surface area contributed by atoms with Crippen LogP contribution in [0.2, 0.25) is 0 Å². The van der Waals surface area contributed by atoms with Gasteiger partial charge in [0.25, 0.3) is 0 Å². The van der Waals surface area contributed by atoms with E-state index in [1.807, 2.05) is 11.1 Å². The standard InChI is InChI=1S/C21H35N/c1-12(2)19-15-11-17(15)21(20(19)13(3)4)9-10-22(14(5)6)18-8-7-16(18)21/h12-18H,7-11H2,1-6H3/t15-,16+,17+,18-,21-/m0/s1. The van der Waals surface area contributed by atoms with E-state index in [0.717, 1.165) is 41.7 Å². The van der Waals surface area contributed by atoms with Gasteiger partial charge in [0, 0.05) is 17.5 Å². The Kier molecular flexibility index (Phi) is 3.36. The van der Waals surface area contributed by atoms with Gasteiger partial charge in [-0.15, -0.1) is 0 Å². The molecule has 0 aromatic heterocycles. The number of piperidine rings is 1. The molecule has 3 fully saturated rings. The molecular weight excluding hydrogens is 266 g/mol. The summed E-state index contributed by atoms with van der Waals surface area (Å²) in [6, 6.07) is 1.63. The summed E-state index contributed by atoms with van der Waals surface area (Å²) in [7, 11) is 0. The molecule has 4 rings (SSSR count). The molecule has 1 nitrogen and oxygen atoms in total. The zero-order valence-corrected chi connectivity index (χ0v) is 15.5. The highest BCUT2D eigenvalue weighted by molar-refractivity contribution is 5.43. The van der Waals surface area contributed by atoms with E-state index in [2.05, 4.69) is 46.4 Å². The number of nitrogens with zero attached hydrogens (tertiary/aromatic N) is 1. The molecular formula is C21H35N. The summed E-state index contributed by atoms with van der Waals surface area (Å²) >= 11 is 0. The van der Waals surface area contributed by atoms with Crippen molar-refractivity contribution in [3.63, 3.8) is 0 Å². The molecule has 1 aliphatic heterocycles. The van der Waals surface area contributed by atoms with E-state index in [-0.39, 0.29) is 0 Å². The lowest BCUT2D eigenvalue weighted by Crippen LogP contribution is -2.62. The van der Waals surface area contributed by atoms with Gasteiger partial charge in [-0.25, -0.2) is 0 Å². The highest BCUT2D eigenvalue weighted by Gasteiger charge is 2.68. The van der Waals surface area contributed by atoms with Crippen molar-refractivity contribution in [1.82, 2.24) is 4.90 Å². The predicted molar refractivity (Wildman–Crippen MR) is 93.7 cm³/mol. The summed E-state index contributed by atoms with van der Waals surface area (Å²) in [5.74, 6) is 4.52. The van der Waals surface area contributed by atoms with E-state index in [4.69, 9.17) is 0 Å². The summed E-state index contributed by atoms with van der Waals surface area (Å²) < 4.78 is 0. The van der Waals surface area contributed by atoms with Crippen LogP contribution in [0.25, 0.3) is 0 Å². The second-order valence-corrected chi connectivity index (χ2v) is 9.50. The third-order valence-electron chi connectivity index (χ3n) is 7.64. The first-order valence-electron chi connectivity index (χ1n) is 9.89. The van der Waals surface area contributed by atoms with Crippen molar-refractivity contribution in [2.45, 2.75) is 79.3 Å². The fourth-order valence-electron chi connectivity index (χ4n) is 6.97. The molecule has 0 aromatic rings. The van der Waals surface area contributed by atoms with E-state index >= 15 is 0 Å². The SMILES string of the molecule is CC(C)C1=C(C(C)C)[C@]2(CCN(C(C)C)[C@H]3CC[C@H]32)[C@@H]2C[C@H]12. The largest absolute Gasteiger partial charge is 0.298 e. The van der Waals surface area contributed by atoms with Gasteiger partial charge < -0.3 is 0 Å². The van der Waals surface area contributed by atoms with Crippen LogP contribution in [0.3, 0.4) is 0 Å². The summed E-state index contributed by atoms with van der Waals surface area (Å²) in [6.07, 6.45) is 5.94. The Morgan fingerprint density at radius 2 is 1.68 bits per heavy atom. The van der Waals surface area contributed by atoms with Crippen molar-refractivity contribution in [1.29, 1.82) is 0 Å².